The van der Waals surface area contributed by atoms with E-state index in [1.165, 1.54) is 0 Å². The molecule has 0 aromatic rings. The van der Waals surface area contributed by atoms with Crippen molar-refractivity contribution in [3.63, 3.8) is 0 Å². The van der Waals surface area contributed by atoms with Crippen molar-refractivity contribution in [3.05, 3.63) is 11.1 Å². The summed E-state index contributed by atoms with van der Waals surface area (Å²) >= 11 is 11.2. The molecule has 1 N–H and O–H groups in total. The quantitative estimate of drug-likeness (QED) is 0.691. The molecule has 12 heavy (non-hydrogen) atoms. The van der Waals surface area contributed by atoms with Crippen molar-refractivity contribution in [1.29, 1.82) is 0 Å². The summed E-state index contributed by atoms with van der Waals surface area (Å²) in [7, 11) is 0. The Labute approximate surface area is 81.9 Å². The third kappa shape index (κ3) is 2.68. The van der Waals surface area contributed by atoms with E-state index in [1.807, 2.05) is 6.08 Å². The summed E-state index contributed by atoms with van der Waals surface area (Å²) < 4.78 is 0. The molecule has 0 aromatic heterocycles. The molecule has 0 fully saturated rings. The van der Waals surface area contributed by atoms with Gasteiger partial charge in [0.15, 0.2) is 0 Å². The molecule has 0 aromatic carbocycles. The number of rotatable bonds is 2. The maximum absolute atomic E-state index is 10.9. The fourth-order valence-corrected chi connectivity index (χ4v) is 1.57. The molecule has 0 heterocycles. The average molecular weight is 208 g/mol. The van der Waals surface area contributed by atoms with Crippen LogP contribution in [-0.2, 0) is 4.79 Å². The van der Waals surface area contributed by atoms with Crippen molar-refractivity contribution in [3.8, 4) is 0 Å². The van der Waals surface area contributed by atoms with Gasteiger partial charge in [-0.15, -0.1) is 11.6 Å². The number of halogens is 2. The van der Waals surface area contributed by atoms with Crippen LogP contribution in [0.15, 0.2) is 11.1 Å². The molecule has 0 saturated carbocycles. The molecule has 1 aliphatic carbocycles. The first-order valence-electron chi connectivity index (χ1n) is 3.95. The zero-order chi connectivity index (χ0) is 8.97. The minimum atomic E-state index is -0.157. The van der Waals surface area contributed by atoms with E-state index in [0.29, 0.717) is 0 Å². The number of hydrogen-bond acceptors (Lipinski definition) is 1. The average Bonchev–Trinajstić information content (AvgIpc) is 2.09. The number of alkyl halides is 1. The summed E-state index contributed by atoms with van der Waals surface area (Å²) in [5.41, 5.74) is 0. The molecular formula is C8H11Cl2NO. The van der Waals surface area contributed by atoms with Crippen LogP contribution >= 0.6 is 23.2 Å². The van der Waals surface area contributed by atoms with Gasteiger partial charge >= 0.3 is 0 Å². The molecule has 1 atom stereocenters. The van der Waals surface area contributed by atoms with Gasteiger partial charge in [-0.3, -0.25) is 4.79 Å². The van der Waals surface area contributed by atoms with Crippen molar-refractivity contribution in [2.24, 2.45) is 0 Å². The van der Waals surface area contributed by atoms with E-state index in [4.69, 9.17) is 23.2 Å². The standard InChI is InChI=1S/C8H11Cl2NO/c9-5-8(12)11-7-4-2-1-3-6(7)10/h3,7H,1-2,4-5H2,(H,11,12). The molecule has 1 aliphatic rings. The summed E-state index contributed by atoms with van der Waals surface area (Å²) in [5.74, 6) is -0.157. The van der Waals surface area contributed by atoms with Gasteiger partial charge in [-0.1, -0.05) is 17.7 Å². The lowest BCUT2D eigenvalue weighted by Crippen LogP contribution is -2.36. The van der Waals surface area contributed by atoms with Crippen LogP contribution in [0.2, 0.25) is 0 Å². The Hall–Kier alpha value is -0.210. The molecule has 4 heteroatoms. The highest BCUT2D eigenvalue weighted by atomic mass is 35.5. The van der Waals surface area contributed by atoms with E-state index < -0.39 is 0 Å². The lowest BCUT2D eigenvalue weighted by molar-refractivity contribution is -0.119. The smallest absolute Gasteiger partial charge is 0.235 e. The van der Waals surface area contributed by atoms with Crippen molar-refractivity contribution >= 4 is 29.1 Å². The zero-order valence-electron chi connectivity index (χ0n) is 6.65. The van der Waals surface area contributed by atoms with E-state index in [0.717, 1.165) is 24.3 Å². The molecule has 0 saturated heterocycles. The molecule has 0 spiro atoms. The van der Waals surface area contributed by atoms with Crippen LogP contribution in [0.1, 0.15) is 19.3 Å². The van der Waals surface area contributed by atoms with E-state index in [2.05, 4.69) is 5.32 Å². The molecule has 0 radical (unpaired) electrons. The van der Waals surface area contributed by atoms with Crippen LogP contribution in [0.25, 0.3) is 0 Å². The first-order chi connectivity index (χ1) is 5.74. The normalized spacial score (nSPS) is 23.2. The summed E-state index contributed by atoms with van der Waals surface area (Å²) in [5, 5.41) is 3.48. The number of carbonyl (C=O) groups is 1. The van der Waals surface area contributed by atoms with Gasteiger partial charge in [0.1, 0.15) is 5.88 Å². The summed E-state index contributed by atoms with van der Waals surface area (Å²) in [6.45, 7) is 0. The maximum Gasteiger partial charge on any atom is 0.235 e. The molecule has 2 nitrogen and oxygen atoms in total. The topological polar surface area (TPSA) is 29.1 Å². The Morgan fingerprint density at radius 1 is 1.75 bits per heavy atom. The van der Waals surface area contributed by atoms with Crippen LogP contribution < -0.4 is 5.32 Å². The molecule has 1 rings (SSSR count). The zero-order valence-corrected chi connectivity index (χ0v) is 8.16. The molecule has 1 unspecified atom stereocenters. The maximum atomic E-state index is 10.9. The van der Waals surface area contributed by atoms with Crippen molar-refractivity contribution < 1.29 is 4.79 Å². The third-order valence-electron chi connectivity index (χ3n) is 1.83. The molecule has 0 aliphatic heterocycles. The number of allylic oxidation sites excluding steroid dienone is 1. The predicted molar refractivity (Wildman–Crippen MR) is 50.4 cm³/mol. The van der Waals surface area contributed by atoms with Gasteiger partial charge in [0.05, 0.1) is 6.04 Å². The SMILES string of the molecule is O=C(CCl)NC1CCCC=C1Cl. The van der Waals surface area contributed by atoms with Gasteiger partial charge in [0.25, 0.3) is 0 Å². The number of amides is 1. The van der Waals surface area contributed by atoms with Crippen molar-refractivity contribution in [1.82, 2.24) is 5.32 Å². The van der Waals surface area contributed by atoms with Crippen LogP contribution in [0.3, 0.4) is 0 Å². The predicted octanol–water partition coefficient (Wildman–Crippen LogP) is 2.02. The Morgan fingerprint density at radius 2 is 2.50 bits per heavy atom. The summed E-state index contributed by atoms with van der Waals surface area (Å²) in [6.07, 6.45) is 4.94. The fraction of sp³-hybridized carbons (Fsp3) is 0.625. The van der Waals surface area contributed by atoms with E-state index >= 15 is 0 Å². The Kier molecular flexibility index (Phi) is 3.89. The summed E-state index contributed by atoms with van der Waals surface area (Å²) in [6, 6.07) is -0.00772. The molecule has 1 amide bonds. The molecular weight excluding hydrogens is 197 g/mol. The monoisotopic (exact) mass is 207 g/mol. The van der Waals surface area contributed by atoms with E-state index in [1.54, 1.807) is 0 Å². The van der Waals surface area contributed by atoms with Gasteiger partial charge in [-0.2, -0.15) is 0 Å². The largest absolute Gasteiger partial charge is 0.347 e. The summed E-state index contributed by atoms with van der Waals surface area (Å²) in [4.78, 5) is 10.9. The third-order valence-corrected chi connectivity index (χ3v) is 2.49. The lowest BCUT2D eigenvalue weighted by Gasteiger charge is -2.20. The number of nitrogens with one attached hydrogen (secondary N) is 1. The Balaban J connectivity index is 2.45. The Bertz CT molecular complexity index is 203. The van der Waals surface area contributed by atoms with Gasteiger partial charge in [0.2, 0.25) is 5.91 Å². The van der Waals surface area contributed by atoms with Gasteiger partial charge < -0.3 is 5.32 Å². The van der Waals surface area contributed by atoms with Crippen LogP contribution in [0.5, 0.6) is 0 Å². The second-order valence-electron chi connectivity index (χ2n) is 2.77. The van der Waals surface area contributed by atoms with Gasteiger partial charge in [0, 0.05) is 5.03 Å². The van der Waals surface area contributed by atoms with Crippen molar-refractivity contribution in [2.45, 2.75) is 25.3 Å². The van der Waals surface area contributed by atoms with Crippen LogP contribution in [0.4, 0.5) is 0 Å². The molecule has 0 bridgehead atoms. The number of carbonyl (C=O) groups excluding carboxylic acids is 1. The second kappa shape index (κ2) is 4.73. The van der Waals surface area contributed by atoms with E-state index in [-0.39, 0.29) is 17.8 Å². The molecule has 68 valence electrons. The lowest BCUT2D eigenvalue weighted by atomic mass is 10.0. The fourth-order valence-electron chi connectivity index (χ4n) is 1.22. The highest BCUT2D eigenvalue weighted by Gasteiger charge is 2.17. The van der Waals surface area contributed by atoms with E-state index in [9.17, 15) is 4.79 Å². The van der Waals surface area contributed by atoms with Gasteiger partial charge in [-0.05, 0) is 19.3 Å². The Morgan fingerprint density at radius 3 is 3.08 bits per heavy atom. The first-order valence-corrected chi connectivity index (χ1v) is 4.86. The van der Waals surface area contributed by atoms with Gasteiger partial charge in [-0.25, -0.2) is 0 Å². The van der Waals surface area contributed by atoms with Crippen LogP contribution in [0, 0.1) is 0 Å². The minimum Gasteiger partial charge on any atom is -0.347 e. The van der Waals surface area contributed by atoms with Crippen molar-refractivity contribution in [2.75, 3.05) is 5.88 Å². The highest BCUT2D eigenvalue weighted by molar-refractivity contribution is 6.31. The number of hydrogen-bond donors (Lipinski definition) is 1. The second-order valence-corrected chi connectivity index (χ2v) is 3.48. The van der Waals surface area contributed by atoms with Crippen LogP contribution in [-0.4, -0.2) is 17.8 Å². The first kappa shape index (κ1) is 9.87. The highest BCUT2D eigenvalue weighted by Crippen LogP contribution is 2.21. The minimum absolute atomic E-state index is 0.000664.